The van der Waals surface area contributed by atoms with Crippen LogP contribution < -0.4 is 10.9 Å². The van der Waals surface area contributed by atoms with Crippen molar-refractivity contribution in [3.8, 4) is 0 Å². The number of H-pyrrole nitrogens is 1. The Hall–Kier alpha value is -1.02. The topological polar surface area (TPSA) is 62.0 Å². The molecule has 2 N–H and O–H groups in total. The first-order valence-corrected chi connectivity index (χ1v) is 6.23. The molecular weight excluding hydrogens is 293 g/mol. The summed E-state index contributed by atoms with van der Waals surface area (Å²) in [5.41, 5.74) is -0.575. The lowest BCUT2D eigenvalue weighted by molar-refractivity contribution is -0.198. The van der Waals surface area contributed by atoms with Crippen LogP contribution in [0.3, 0.4) is 0 Å². The average molecular weight is 301 g/mol. The van der Waals surface area contributed by atoms with Crippen molar-refractivity contribution in [2.75, 3.05) is 0 Å². The van der Waals surface area contributed by atoms with Crippen LogP contribution in [0.25, 0.3) is 0 Å². The van der Waals surface area contributed by atoms with E-state index in [-0.39, 0.29) is 22.7 Å². The summed E-state index contributed by atoms with van der Waals surface area (Å²) in [7, 11) is 0. The number of nitrogens with one attached hydrogen (secondary N) is 2. The monoisotopic (exact) mass is 300 g/mol. The van der Waals surface area contributed by atoms with Crippen molar-refractivity contribution in [3.63, 3.8) is 0 Å². The highest BCUT2D eigenvalue weighted by molar-refractivity contribution is 7.08. The van der Waals surface area contributed by atoms with Crippen LogP contribution >= 0.6 is 23.1 Å². The van der Waals surface area contributed by atoms with Crippen molar-refractivity contribution >= 4 is 29.0 Å². The molecule has 0 atom stereocenters. The van der Waals surface area contributed by atoms with E-state index < -0.39 is 29.6 Å². The van der Waals surface area contributed by atoms with Crippen molar-refractivity contribution in [2.45, 2.75) is 25.1 Å². The highest BCUT2D eigenvalue weighted by Gasteiger charge is 2.48. The number of carbonyl (C=O) groups is 1. The lowest BCUT2D eigenvalue weighted by Crippen LogP contribution is -2.48. The zero-order valence-electron chi connectivity index (χ0n) is 8.81. The van der Waals surface area contributed by atoms with Gasteiger partial charge in [-0.3, -0.25) is 14.0 Å². The quantitative estimate of drug-likeness (QED) is 0.879. The Bertz CT molecular complexity index is 519. The van der Waals surface area contributed by atoms with Gasteiger partial charge in [0.25, 0.3) is 11.5 Å². The Balaban J connectivity index is 1.92. The summed E-state index contributed by atoms with van der Waals surface area (Å²) in [4.78, 5) is 22.6. The fraction of sp³-hybridized carbons (Fsp3) is 0.556. The van der Waals surface area contributed by atoms with E-state index in [0.29, 0.717) is 0 Å². The summed E-state index contributed by atoms with van der Waals surface area (Å²) in [5, 5.41) is 2.18. The maximum atomic E-state index is 12.2. The van der Waals surface area contributed by atoms with E-state index in [1.54, 1.807) is 0 Å². The zero-order valence-corrected chi connectivity index (χ0v) is 10.4. The molecule has 1 heterocycles. The van der Waals surface area contributed by atoms with E-state index in [2.05, 4.69) is 9.69 Å². The molecule has 1 aromatic heterocycles. The van der Waals surface area contributed by atoms with Crippen LogP contribution in [0.15, 0.2) is 4.79 Å². The van der Waals surface area contributed by atoms with Crippen LogP contribution in [0, 0.1) is 5.92 Å². The molecule has 1 amide bonds. The Morgan fingerprint density at radius 3 is 2.50 bits per heavy atom. The van der Waals surface area contributed by atoms with Gasteiger partial charge in [-0.2, -0.15) is 13.2 Å². The number of carbonyl (C=O) groups excluding carboxylic acids is 1. The van der Waals surface area contributed by atoms with E-state index in [0.717, 1.165) is 11.5 Å². The number of rotatable bonds is 2. The number of amides is 1. The van der Waals surface area contributed by atoms with Gasteiger partial charge in [0.15, 0.2) is 0 Å². The molecule has 0 saturated heterocycles. The van der Waals surface area contributed by atoms with Gasteiger partial charge < -0.3 is 5.32 Å². The Morgan fingerprint density at radius 2 is 2.06 bits per heavy atom. The van der Waals surface area contributed by atoms with E-state index >= 15 is 0 Å². The summed E-state index contributed by atoms with van der Waals surface area (Å²) in [6, 6.07) is -0.516. The Kier molecular flexibility index (Phi) is 3.41. The van der Waals surface area contributed by atoms with Crippen LogP contribution in [0.2, 0.25) is 5.02 Å². The largest absolute Gasteiger partial charge is 0.391 e. The number of aromatic nitrogens is 1. The standard InChI is InChI=1S/C9H8ClF3N2O2S/c10-5-6(18-15-7(5)16)8(17)14-4-1-3(2-4)9(11,12)13/h3-4H,1-2H2,(H,14,17)(H,15,16). The SMILES string of the molecule is O=C(NC1CC(C(F)(F)F)C1)c1s[nH]c(=O)c1Cl. The molecule has 1 aromatic rings. The van der Waals surface area contributed by atoms with Crippen molar-refractivity contribution in [3.05, 3.63) is 20.3 Å². The Morgan fingerprint density at radius 1 is 1.44 bits per heavy atom. The lowest BCUT2D eigenvalue weighted by atomic mass is 9.80. The van der Waals surface area contributed by atoms with Crippen LogP contribution in [0.4, 0.5) is 13.2 Å². The van der Waals surface area contributed by atoms with Gasteiger partial charge in [-0.25, -0.2) is 0 Å². The molecule has 18 heavy (non-hydrogen) atoms. The molecule has 0 bridgehead atoms. The van der Waals surface area contributed by atoms with Gasteiger partial charge in [-0.15, -0.1) is 0 Å². The molecule has 0 spiro atoms. The molecule has 9 heteroatoms. The molecule has 100 valence electrons. The molecule has 0 radical (unpaired) electrons. The second kappa shape index (κ2) is 4.58. The highest BCUT2D eigenvalue weighted by Crippen LogP contribution is 2.41. The molecule has 0 aromatic carbocycles. The minimum absolute atomic E-state index is 0.00266. The van der Waals surface area contributed by atoms with Gasteiger partial charge in [-0.1, -0.05) is 23.1 Å². The number of halogens is 4. The van der Waals surface area contributed by atoms with Crippen LogP contribution in [-0.2, 0) is 0 Å². The first-order chi connectivity index (χ1) is 8.29. The van der Waals surface area contributed by atoms with Gasteiger partial charge in [0.2, 0.25) is 0 Å². The normalized spacial score (nSPS) is 23.6. The molecule has 2 rings (SSSR count). The maximum absolute atomic E-state index is 12.2. The van der Waals surface area contributed by atoms with E-state index in [1.807, 2.05) is 0 Å². The van der Waals surface area contributed by atoms with Crippen molar-refractivity contribution in [1.29, 1.82) is 0 Å². The average Bonchev–Trinajstić information content (AvgIpc) is 2.51. The summed E-state index contributed by atoms with van der Waals surface area (Å²) in [6.07, 6.45) is -4.48. The fourth-order valence-corrected chi connectivity index (χ4v) is 2.63. The number of hydrogen-bond acceptors (Lipinski definition) is 3. The van der Waals surface area contributed by atoms with Crippen LogP contribution in [-0.4, -0.2) is 22.5 Å². The second-order valence-corrected chi connectivity index (χ2v) is 5.25. The van der Waals surface area contributed by atoms with Crippen molar-refractivity contribution < 1.29 is 18.0 Å². The van der Waals surface area contributed by atoms with Gasteiger partial charge in [-0.05, 0) is 12.8 Å². The first kappa shape index (κ1) is 13.4. The number of aromatic amines is 1. The lowest BCUT2D eigenvalue weighted by Gasteiger charge is -2.36. The second-order valence-electron chi connectivity index (χ2n) is 4.06. The van der Waals surface area contributed by atoms with Crippen LogP contribution in [0.1, 0.15) is 22.5 Å². The van der Waals surface area contributed by atoms with Crippen molar-refractivity contribution in [2.24, 2.45) is 5.92 Å². The third-order valence-electron chi connectivity index (χ3n) is 2.79. The van der Waals surface area contributed by atoms with Gasteiger partial charge in [0.05, 0.1) is 5.92 Å². The number of hydrogen-bond donors (Lipinski definition) is 2. The summed E-state index contributed by atoms with van der Waals surface area (Å²) in [6.45, 7) is 0. The highest BCUT2D eigenvalue weighted by atomic mass is 35.5. The third kappa shape index (κ3) is 2.54. The molecule has 4 nitrogen and oxygen atoms in total. The molecule has 1 aliphatic carbocycles. The maximum Gasteiger partial charge on any atom is 0.391 e. The summed E-state index contributed by atoms with van der Waals surface area (Å²) < 4.78 is 38.9. The summed E-state index contributed by atoms with van der Waals surface area (Å²) in [5.74, 6) is -1.97. The Labute approximate surface area is 108 Å². The van der Waals surface area contributed by atoms with E-state index in [9.17, 15) is 22.8 Å². The predicted octanol–water partition coefficient (Wildman–Crippen LogP) is 2.16. The summed E-state index contributed by atoms with van der Waals surface area (Å²) >= 11 is 6.34. The minimum Gasteiger partial charge on any atom is -0.348 e. The molecule has 0 unspecified atom stereocenters. The smallest absolute Gasteiger partial charge is 0.348 e. The minimum atomic E-state index is -4.21. The predicted molar refractivity (Wildman–Crippen MR) is 60.0 cm³/mol. The van der Waals surface area contributed by atoms with Crippen LogP contribution in [0.5, 0.6) is 0 Å². The first-order valence-electron chi connectivity index (χ1n) is 5.03. The van der Waals surface area contributed by atoms with Gasteiger partial charge in [0.1, 0.15) is 9.90 Å². The third-order valence-corrected chi connectivity index (χ3v) is 4.14. The molecule has 1 aliphatic rings. The van der Waals surface area contributed by atoms with E-state index in [4.69, 9.17) is 11.6 Å². The van der Waals surface area contributed by atoms with E-state index in [1.165, 1.54) is 0 Å². The molecule has 1 fully saturated rings. The molecule has 1 saturated carbocycles. The fourth-order valence-electron chi connectivity index (χ4n) is 1.69. The molecule has 0 aliphatic heterocycles. The molecular formula is C9H8ClF3N2O2S. The van der Waals surface area contributed by atoms with Gasteiger partial charge in [0, 0.05) is 6.04 Å². The van der Waals surface area contributed by atoms with Gasteiger partial charge >= 0.3 is 6.18 Å². The number of alkyl halides is 3. The van der Waals surface area contributed by atoms with Crippen molar-refractivity contribution in [1.82, 2.24) is 9.69 Å². The zero-order chi connectivity index (χ0) is 13.5.